The Bertz CT molecular complexity index is 776. The molecule has 26 heavy (non-hydrogen) atoms. The van der Waals surface area contributed by atoms with Gasteiger partial charge in [0.05, 0.1) is 13.2 Å². The summed E-state index contributed by atoms with van der Waals surface area (Å²) in [5, 5.41) is 0. The van der Waals surface area contributed by atoms with Crippen LogP contribution in [0.2, 0.25) is 0 Å². The predicted octanol–water partition coefficient (Wildman–Crippen LogP) is 3.96. The Kier molecular flexibility index (Phi) is 5.58. The van der Waals surface area contributed by atoms with Crippen LogP contribution < -0.4 is 10.5 Å². The zero-order chi connectivity index (χ0) is 18.5. The van der Waals surface area contributed by atoms with Crippen molar-refractivity contribution in [2.75, 3.05) is 13.7 Å². The van der Waals surface area contributed by atoms with Gasteiger partial charge in [0.25, 0.3) is 0 Å². The van der Waals surface area contributed by atoms with E-state index in [1.165, 1.54) is 0 Å². The number of ether oxygens (including phenoxy) is 2. The summed E-state index contributed by atoms with van der Waals surface area (Å²) >= 11 is 0. The van der Waals surface area contributed by atoms with Gasteiger partial charge in [-0.25, -0.2) is 4.79 Å². The maximum atomic E-state index is 12.7. The van der Waals surface area contributed by atoms with Crippen molar-refractivity contribution in [2.24, 2.45) is 5.73 Å². The third-order valence-electron chi connectivity index (χ3n) is 4.67. The zero-order valence-corrected chi connectivity index (χ0v) is 14.9. The zero-order valence-electron chi connectivity index (χ0n) is 14.9. The fourth-order valence-corrected chi connectivity index (χ4v) is 3.36. The molecule has 136 valence electrons. The lowest BCUT2D eigenvalue weighted by Crippen LogP contribution is -2.35. The van der Waals surface area contributed by atoms with E-state index in [-0.39, 0.29) is 24.8 Å². The van der Waals surface area contributed by atoms with Crippen molar-refractivity contribution in [3.63, 3.8) is 0 Å². The molecule has 5 nitrogen and oxygen atoms in total. The molecule has 0 heterocycles. The molecule has 2 N–H and O–H groups in total. The van der Waals surface area contributed by atoms with E-state index in [9.17, 15) is 4.79 Å². The van der Waals surface area contributed by atoms with Crippen LogP contribution in [0.25, 0.3) is 0 Å². The molecule has 3 rings (SSSR count). The highest BCUT2D eigenvalue weighted by Gasteiger charge is 2.35. The largest absolute Gasteiger partial charge is 0.497 e. The number of hydrogen-bond donors (Lipinski definition) is 1. The van der Waals surface area contributed by atoms with Crippen LogP contribution in [0.4, 0.5) is 4.79 Å². The fraction of sp³-hybridized carbons (Fsp3) is 0.286. The summed E-state index contributed by atoms with van der Waals surface area (Å²) in [6, 6.07) is 15.2. The SMILES string of the molecule is C=CCN(C(=O)OCc1ccccc1)[C@@H]1C[C@H](N)c2cc(OC)ccc21. The lowest BCUT2D eigenvalue weighted by atomic mass is 10.1. The van der Waals surface area contributed by atoms with E-state index in [0.717, 1.165) is 22.4 Å². The van der Waals surface area contributed by atoms with Gasteiger partial charge in [-0.15, -0.1) is 6.58 Å². The Morgan fingerprint density at radius 3 is 2.73 bits per heavy atom. The lowest BCUT2D eigenvalue weighted by Gasteiger charge is -2.28. The van der Waals surface area contributed by atoms with Crippen LogP contribution in [0.5, 0.6) is 5.75 Å². The number of carbonyl (C=O) groups excluding carboxylic acids is 1. The van der Waals surface area contributed by atoms with E-state index in [2.05, 4.69) is 6.58 Å². The summed E-state index contributed by atoms with van der Waals surface area (Å²) in [6.45, 7) is 4.41. The lowest BCUT2D eigenvalue weighted by molar-refractivity contribution is 0.0842. The first-order chi connectivity index (χ1) is 12.6. The van der Waals surface area contributed by atoms with Gasteiger partial charge in [0.15, 0.2) is 0 Å². The quantitative estimate of drug-likeness (QED) is 0.799. The third kappa shape index (κ3) is 3.73. The average molecular weight is 352 g/mol. The van der Waals surface area contributed by atoms with E-state index < -0.39 is 0 Å². The smallest absolute Gasteiger partial charge is 0.410 e. The Balaban J connectivity index is 1.78. The van der Waals surface area contributed by atoms with Gasteiger partial charge in [0, 0.05) is 12.6 Å². The minimum Gasteiger partial charge on any atom is -0.497 e. The van der Waals surface area contributed by atoms with Crippen LogP contribution in [-0.4, -0.2) is 24.6 Å². The molecule has 0 saturated carbocycles. The number of methoxy groups -OCH3 is 1. The number of amides is 1. The predicted molar refractivity (Wildman–Crippen MR) is 101 cm³/mol. The Labute approximate surface area is 154 Å². The molecule has 2 atom stereocenters. The number of nitrogens with zero attached hydrogens (tertiary/aromatic N) is 1. The minimum absolute atomic E-state index is 0.132. The maximum Gasteiger partial charge on any atom is 0.410 e. The highest BCUT2D eigenvalue weighted by molar-refractivity contribution is 5.69. The van der Waals surface area contributed by atoms with Crippen molar-refractivity contribution >= 4 is 6.09 Å². The van der Waals surface area contributed by atoms with E-state index in [1.54, 1.807) is 18.1 Å². The molecule has 0 aliphatic heterocycles. The third-order valence-corrected chi connectivity index (χ3v) is 4.67. The molecule has 1 aliphatic rings. The van der Waals surface area contributed by atoms with Gasteiger partial charge in [-0.05, 0) is 35.2 Å². The van der Waals surface area contributed by atoms with Gasteiger partial charge in [0.1, 0.15) is 12.4 Å². The van der Waals surface area contributed by atoms with Crippen molar-refractivity contribution in [1.29, 1.82) is 0 Å². The molecule has 1 amide bonds. The minimum atomic E-state index is -0.366. The van der Waals surface area contributed by atoms with E-state index in [1.807, 2.05) is 48.5 Å². The van der Waals surface area contributed by atoms with Gasteiger partial charge in [0.2, 0.25) is 0 Å². The molecule has 0 radical (unpaired) electrons. The van der Waals surface area contributed by atoms with Crippen LogP contribution >= 0.6 is 0 Å². The standard InChI is InChI=1S/C21H24N2O3/c1-3-11-23(21(24)26-14-15-7-5-4-6-8-15)20-13-19(22)18-12-16(25-2)9-10-17(18)20/h3-10,12,19-20H,1,11,13-14,22H2,2H3/t19-,20+/m0/s1. The molecule has 5 heteroatoms. The summed E-state index contributed by atoms with van der Waals surface area (Å²) in [4.78, 5) is 14.4. The molecule has 1 aliphatic carbocycles. The summed E-state index contributed by atoms with van der Waals surface area (Å²) in [5.41, 5.74) is 9.30. The molecule has 2 aromatic rings. The molecule has 0 bridgehead atoms. The van der Waals surface area contributed by atoms with Crippen LogP contribution in [0.1, 0.15) is 35.2 Å². The summed E-state index contributed by atoms with van der Waals surface area (Å²) in [6.07, 6.45) is 1.99. The monoisotopic (exact) mass is 352 g/mol. The number of nitrogens with two attached hydrogens (primary N) is 1. The van der Waals surface area contributed by atoms with Gasteiger partial charge in [-0.2, -0.15) is 0 Å². The number of fused-ring (bicyclic) bond motifs is 1. The highest BCUT2D eigenvalue weighted by atomic mass is 16.6. The number of rotatable bonds is 6. The maximum absolute atomic E-state index is 12.7. The molecular formula is C21H24N2O3. The average Bonchev–Trinajstić information content (AvgIpc) is 3.00. The van der Waals surface area contributed by atoms with Crippen LogP contribution in [0, 0.1) is 0 Å². The van der Waals surface area contributed by atoms with Crippen molar-refractivity contribution in [1.82, 2.24) is 4.90 Å². The van der Waals surface area contributed by atoms with Crippen LogP contribution in [-0.2, 0) is 11.3 Å². The molecule has 0 saturated heterocycles. The highest BCUT2D eigenvalue weighted by Crippen LogP contribution is 2.42. The van der Waals surface area contributed by atoms with E-state index in [0.29, 0.717) is 13.0 Å². The Morgan fingerprint density at radius 1 is 1.27 bits per heavy atom. The van der Waals surface area contributed by atoms with Crippen molar-refractivity contribution in [3.05, 3.63) is 77.9 Å². The van der Waals surface area contributed by atoms with Gasteiger partial charge in [-0.1, -0.05) is 42.5 Å². The molecular weight excluding hydrogens is 328 g/mol. The first-order valence-corrected chi connectivity index (χ1v) is 8.65. The van der Waals surface area contributed by atoms with Crippen molar-refractivity contribution < 1.29 is 14.3 Å². The van der Waals surface area contributed by atoms with Gasteiger partial charge >= 0.3 is 6.09 Å². The Morgan fingerprint density at radius 2 is 2.04 bits per heavy atom. The summed E-state index contributed by atoms with van der Waals surface area (Å²) in [7, 11) is 1.63. The number of benzene rings is 2. The number of carbonyl (C=O) groups is 1. The van der Waals surface area contributed by atoms with E-state index in [4.69, 9.17) is 15.2 Å². The molecule has 0 unspecified atom stereocenters. The van der Waals surface area contributed by atoms with Crippen molar-refractivity contribution in [3.8, 4) is 5.75 Å². The van der Waals surface area contributed by atoms with Gasteiger partial charge < -0.3 is 15.2 Å². The Hall–Kier alpha value is -2.79. The first-order valence-electron chi connectivity index (χ1n) is 8.65. The van der Waals surface area contributed by atoms with Gasteiger partial charge in [-0.3, -0.25) is 4.90 Å². The summed E-state index contributed by atoms with van der Waals surface area (Å²) < 4.78 is 10.8. The second-order valence-electron chi connectivity index (χ2n) is 6.33. The molecule has 0 aromatic heterocycles. The summed E-state index contributed by atoms with van der Waals surface area (Å²) in [5.74, 6) is 0.766. The second-order valence-corrected chi connectivity index (χ2v) is 6.33. The van der Waals surface area contributed by atoms with Crippen molar-refractivity contribution in [2.45, 2.75) is 25.1 Å². The topological polar surface area (TPSA) is 64.8 Å². The van der Waals surface area contributed by atoms with E-state index >= 15 is 0 Å². The fourth-order valence-electron chi connectivity index (χ4n) is 3.36. The molecule has 0 fully saturated rings. The normalized spacial score (nSPS) is 18.1. The first kappa shape index (κ1) is 18.0. The van der Waals surface area contributed by atoms with Crippen LogP contribution in [0.3, 0.4) is 0 Å². The molecule has 0 spiro atoms. The molecule has 2 aromatic carbocycles. The second kappa shape index (κ2) is 8.06. The number of hydrogen-bond acceptors (Lipinski definition) is 4. The van der Waals surface area contributed by atoms with Crippen LogP contribution in [0.15, 0.2) is 61.2 Å².